The largest absolute Gasteiger partial charge is 0.480 e. The molecule has 0 saturated heterocycles. The predicted octanol–water partition coefficient (Wildman–Crippen LogP) is 1.28. The summed E-state index contributed by atoms with van der Waals surface area (Å²) in [6, 6.07) is -0.0288. The normalized spacial score (nSPS) is 33.8. The van der Waals surface area contributed by atoms with Crippen molar-refractivity contribution in [2.24, 2.45) is 0 Å². The first-order valence-electron chi connectivity index (χ1n) is 6.33. The van der Waals surface area contributed by atoms with E-state index < -0.39 is 11.5 Å². The van der Waals surface area contributed by atoms with Gasteiger partial charge in [0.1, 0.15) is 5.54 Å². The first-order valence-corrected chi connectivity index (χ1v) is 6.33. The lowest BCUT2D eigenvalue weighted by Gasteiger charge is -2.42. The Morgan fingerprint density at radius 1 is 1.12 bits per heavy atom. The van der Waals surface area contributed by atoms with Crippen LogP contribution in [0.2, 0.25) is 0 Å². The van der Waals surface area contributed by atoms with Gasteiger partial charge < -0.3 is 10.2 Å². The van der Waals surface area contributed by atoms with Crippen molar-refractivity contribution in [2.75, 3.05) is 0 Å². The monoisotopic (exact) mass is 227 g/mol. The number of carbonyl (C=O) groups is 1. The van der Waals surface area contributed by atoms with E-state index in [0.29, 0.717) is 12.8 Å². The number of aliphatic hydroxyl groups excluding tert-OH is 1. The molecule has 0 amide bonds. The van der Waals surface area contributed by atoms with Crippen molar-refractivity contribution >= 4 is 5.97 Å². The minimum atomic E-state index is -0.754. The van der Waals surface area contributed by atoms with E-state index >= 15 is 0 Å². The van der Waals surface area contributed by atoms with Gasteiger partial charge in [0.05, 0.1) is 6.10 Å². The zero-order valence-corrected chi connectivity index (χ0v) is 9.61. The summed E-state index contributed by atoms with van der Waals surface area (Å²) in [7, 11) is 0. The third-order valence-electron chi connectivity index (χ3n) is 4.06. The molecule has 2 fully saturated rings. The maximum atomic E-state index is 11.2. The summed E-state index contributed by atoms with van der Waals surface area (Å²) in [5.41, 5.74) is -0.740. The number of hydrogen-bond acceptors (Lipinski definition) is 3. The fraction of sp³-hybridized carbons (Fsp3) is 0.917. The highest BCUT2D eigenvalue weighted by Crippen LogP contribution is 2.34. The predicted molar refractivity (Wildman–Crippen MR) is 60.2 cm³/mol. The van der Waals surface area contributed by atoms with E-state index in [9.17, 15) is 15.0 Å². The number of carboxylic acids is 1. The lowest BCUT2D eigenvalue weighted by Crippen LogP contribution is -2.62. The highest BCUT2D eigenvalue weighted by Gasteiger charge is 2.46. The molecule has 4 nitrogen and oxygen atoms in total. The maximum Gasteiger partial charge on any atom is 0.323 e. The van der Waals surface area contributed by atoms with Gasteiger partial charge in [0, 0.05) is 6.04 Å². The summed E-state index contributed by atoms with van der Waals surface area (Å²) >= 11 is 0. The minimum absolute atomic E-state index is 0.0288. The second-order valence-corrected chi connectivity index (χ2v) is 5.20. The van der Waals surface area contributed by atoms with E-state index in [2.05, 4.69) is 5.32 Å². The molecule has 2 aliphatic carbocycles. The van der Waals surface area contributed by atoms with E-state index in [1.165, 1.54) is 0 Å². The molecule has 3 N–H and O–H groups in total. The summed E-state index contributed by atoms with van der Waals surface area (Å²) < 4.78 is 0. The molecule has 0 bridgehead atoms. The van der Waals surface area contributed by atoms with Gasteiger partial charge in [0.2, 0.25) is 0 Å². The molecule has 4 heteroatoms. The third kappa shape index (κ3) is 2.23. The Morgan fingerprint density at radius 2 is 1.81 bits per heavy atom. The Bertz CT molecular complexity index is 263. The standard InChI is InChI=1S/C12H21NO3/c14-10-6-3-1-2-5-9(10)13-12(11(15)16)7-4-8-12/h9-10,13-14H,1-8H2,(H,15,16). The Hall–Kier alpha value is -0.610. The highest BCUT2D eigenvalue weighted by atomic mass is 16.4. The van der Waals surface area contributed by atoms with Crippen molar-refractivity contribution in [3.63, 3.8) is 0 Å². The second kappa shape index (κ2) is 4.72. The average Bonchev–Trinajstić information content (AvgIpc) is 2.36. The molecular weight excluding hydrogens is 206 g/mol. The average molecular weight is 227 g/mol. The van der Waals surface area contributed by atoms with Crippen molar-refractivity contribution in [3.05, 3.63) is 0 Å². The van der Waals surface area contributed by atoms with Gasteiger partial charge in [-0.2, -0.15) is 0 Å². The van der Waals surface area contributed by atoms with E-state index in [1.807, 2.05) is 0 Å². The van der Waals surface area contributed by atoms with Crippen molar-refractivity contribution in [1.29, 1.82) is 0 Å². The Kier molecular flexibility index (Phi) is 3.50. The van der Waals surface area contributed by atoms with Crippen LogP contribution in [0.25, 0.3) is 0 Å². The lowest BCUT2D eigenvalue weighted by molar-refractivity contribution is -0.149. The van der Waals surface area contributed by atoms with E-state index in [-0.39, 0.29) is 12.1 Å². The lowest BCUT2D eigenvalue weighted by atomic mass is 9.76. The number of carboxylic acid groups (broad SMARTS) is 1. The van der Waals surface area contributed by atoms with Crippen molar-refractivity contribution in [1.82, 2.24) is 5.32 Å². The second-order valence-electron chi connectivity index (χ2n) is 5.20. The van der Waals surface area contributed by atoms with Crippen molar-refractivity contribution < 1.29 is 15.0 Å². The van der Waals surface area contributed by atoms with Crippen LogP contribution in [-0.4, -0.2) is 33.9 Å². The molecule has 0 radical (unpaired) electrons. The van der Waals surface area contributed by atoms with Gasteiger partial charge in [-0.3, -0.25) is 10.1 Å². The van der Waals surface area contributed by atoms with E-state index in [4.69, 9.17) is 0 Å². The number of aliphatic carboxylic acids is 1. The Balaban J connectivity index is 1.98. The Labute approximate surface area is 96.0 Å². The molecule has 0 aromatic heterocycles. The van der Waals surface area contributed by atoms with Gasteiger partial charge >= 0.3 is 5.97 Å². The van der Waals surface area contributed by atoms with E-state index in [1.54, 1.807) is 0 Å². The molecule has 2 atom stereocenters. The van der Waals surface area contributed by atoms with Crippen LogP contribution in [-0.2, 0) is 4.79 Å². The molecule has 0 spiro atoms. The van der Waals surface area contributed by atoms with E-state index in [0.717, 1.165) is 38.5 Å². The van der Waals surface area contributed by atoms with Crippen LogP contribution in [0.3, 0.4) is 0 Å². The zero-order valence-electron chi connectivity index (χ0n) is 9.61. The molecule has 0 heterocycles. The molecule has 92 valence electrons. The molecule has 2 unspecified atom stereocenters. The number of rotatable bonds is 3. The number of nitrogens with one attached hydrogen (secondary N) is 1. The first kappa shape index (κ1) is 11.9. The summed E-state index contributed by atoms with van der Waals surface area (Å²) in [5, 5.41) is 22.4. The molecule has 2 aliphatic rings. The molecule has 16 heavy (non-hydrogen) atoms. The molecule has 2 rings (SSSR count). The van der Waals surface area contributed by atoms with Gasteiger partial charge in [0.25, 0.3) is 0 Å². The minimum Gasteiger partial charge on any atom is -0.480 e. The van der Waals surface area contributed by atoms with Crippen molar-refractivity contribution in [2.45, 2.75) is 69.1 Å². The number of aliphatic hydroxyl groups is 1. The fourth-order valence-corrected chi connectivity index (χ4v) is 2.76. The molecule has 0 aromatic rings. The maximum absolute atomic E-state index is 11.2. The first-order chi connectivity index (χ1) is 7.64. The fourth-order valence-electron chi connectivity index (χ4n) is 2.76. The number of hydrogen-bond donors (Lipinski definition) is 3. The van der Waals surface area contributed by atoms with Gasteiger partial charge in [-0.1, -0.05) is 19.3 Å². The highest BCUT2D eigenvalue weighted by molar-refractivity contribution is 5.80. The smallest absolute Gasteiger partial charge is 0.323 e. The summed E-state index contributed by atoms with van der Waals surface area (Å²) in [6.07, 6.45) is 6.99. The molecule has 0 aliphatic heterocycles. The van der Waals surface area contributed by atoms with Crippen LogP contribution in [0.1, 0.15) is 51.4 Å². The SMILES string of the molecule is O=C(O)C1(NC2CCCCCC2O)CCC1. The quantitative estimate of drug-likeness (QED) is 0.635. The Morgan fingerprint density at radius 3 is 2.38 bits per heavy atom. The van der Waals surface area contributed by atoms with Crippen LogP contribution < -0.4 is 5.32 Å². The summed E-state index contributed by atoms with van der Waals surface area (Å²) in [4.78, 5) is 11.2. The third-order valence-corrected chi connectivity index (χ3v) is 4.06. The summed E-state index contributed by atoms with van der Waals surface area (Å²) in [6.45, 7) is 0. The van der Waals surface area contributed by atoms with Gasteiger partial charge in [-0.15, -0.1) is 0 Å². The molecule has 0 aromatic carbocycles. The van der Waals surface area contributed by atoms with Crippen LogP contribution in [0.4, 0.5) is 0 Å². The molecule has 2 saturated carbocycles. The van der Waals surface area contributed by atoms with Crippen LogP contribution in [0.15, 0.2) is 0 Å². The van der Waals surface area contributed by atoms with Gasteiger partial charge in [-0.05, 0) is 32.1 Å². The van der Waals surface area contributed by atoms with Crippen LogP contribution >= 0.6 is 0 Å². The van der Waals surface area contributed by atoms with Crippen LogP contribution in [0, 0.1) is 0 Å². The van der Waals surface area contributed by atoms with Crippen LogP contribution in [0.5, 0.6) is 0 Å². The van der Waals surface area contributed by atoms with Crippen molar-refractivity contribution in [3.8, 4) is 0 Å². The zero-order chi connectivity index (χ0) is 11.6. The topological polar surface area (TPSA) is 69.6 Å². The van der Waals surface area contributed by atoms with Gasteiger partial charge in [0.15, 0.2) is 0 Å². The van der Waals surface area contributed by atoms with Gasteiger partial charge in [-0.25, -0.2) is 0 Å². The summed E-state index contributed by atoms with van der Waals surface area (Å²) in [5.74, 6) is -0.754. The molecular formula is C12H21NO3.